The lowest BCUT2D eigenvalue weighted by Gasteiger charge is -2.34. The summed E-state index contributed by atoms with van der Waals surface area (Å²) in [4.78, 5) is 44.8. The zero-order valence-corrected chi connectivity index (χ0v) is 14.3. The first-order valence-corrected chi connectivity index (χ1v) is 8.16. The van der Waals surface area contributed by atoms with Gasteiger partial charge in [-0.1, -0.05) is 6.07 Å². The summed E-state index contributed by atoms with van der Waals surface area (Å²) in [5.41, 5.74) is 0.801. The number of nitrogens with zero attached hydrogens (tertiary/aromatic N) is 4. The first kappa shape index (κ1) is 17.9. The number of piperazine rings is 1. The molecule has 0 unspecified atom stereocenters. The van der Waals surface area contributed by atoms with Gasteiger partial charge in [0, 0.05) is 59.2 Å². The van der Waals surface area contributed by atoms with Gasteiger partial charge < -0.3 is 14.7 Å². The van der Waals surface area contributed by atoms with Gasteiger partial charge >= 0.3 is 0 Å². The quantitative estimate of drug-likeness (QED) is 0.787. The van der Waals surface area contributed by atoms with Gasteiger partial charge in [-0.2, -0.15) is 0 Å². The molecule has 1 saturated heterocycles. The molecule has 3 amide bonds. The Hall–Kier alpha value is -2.44. The van der Waals surface area contributed by atoms with Gasteiger partial charge in [-0.25, -0.2) is 0 Å². The molecule has 1 aliphatic heterocycles. The van der Waals surface area contributed by atoms with Gasteiger partial charge in [0.15, 0.2) is 0 Å². The van der Waals surface area contributed by atoms with Crippen molar-refractivity contribution in [3.05, 3.63) is 30.1 Å². The summed E-state index contributed by atoms with van der Waals surface area (Å²) in [6.45, 7) is 6.08. The van der Waals surface area contributed by atoms with E-state index in [4.69, 9.17) is 0 Å². The predicted octanol–water partition coefficient (Wildman–Crippen LogP) is 0.511. The Balaban J connectivity index is 1.82. The van der Waals surface area contributed by atoms with E-state index in [0.717, 1.165) is 5.69 Å². The van der Waals surface area contributed by atoms with Gasteiger partial charge in [0.1, 0.15) is 0 Å². The minimum atomic E-state index is -0.0742. The van der Waals surface area contributed by atoms with Crippen molar-refractivity contribution in [3.8, 4) is 0 Å². The highest BCUT2D eigenvalue weighted by Crippen LogP contribution is 2.07. The Bertz CT molecular complexity index is 583. The second-order valence-electron chi connectivity index (χ2n) is 5.90. The zero-order valence-electron chi connectivity index (χ0n) is 14.3. The van der Waals surface area contributed by atoms with Crippen molar-refractivity contribution in [2.45, 2.75) is 26.8 Å². The van der Waals surface area contributed by atoms with E-state index in [-0.39, 0.29) is 24.1 Å². The lowest BCUT2D eigenvalue weighted by Crippen LogP contribution is -2.50. The highest BCUT2D eigenvalue weighted by atomic mass is 16.2. The first-order chi connectivity index (χ1) is 11.5. The SMILES string of the molecule is CC(=O)N1CCN(C(=O)CCN(Cc2ccccn2)C(C)=O)CC1. The molecule has 2 heterocycles. The van der Waals surface area contributed by atoms with Crippen LogP contribution in [0.4, 0.5) is 0 Å². The fraction of sp³-hybridized carbons (Fsp3) is 0.529. The molecule has 1 aromatic rings. The van der Waals surface area contributed by atoms with Crippen molar-refractivity contribution in [1.82, 2.24) is 19.7 Å². The molecular weight excluding hydrogens is 308 g/mol. The molecular formula is C17H24N4O3. The number of aromatic nitrogens is 1. The summed E-state index contributed by atoms with van der Waals surface area (Å²) in [6.07, 6.45) is 1.97. The third kappa shape index (κ3) is 5.04. The molecule has 130 valence electrons. The van der Waals surface area contributed by atoms with Crippen LogP contribution < -0.4 is 0 Å². The van der Waals surface area contributed by atoms with Crippen LogP contribution in [0.5, 0.6) is 0 Å². The van der Waals surface area contributed by atoms with Crippen molar-refractivity contribution in [2.75, 3.05) is 32.7 Å². The molecule has 1 aliphatic rings. The lowest BCUT2D eigenvalue weighted by atomic mass is 10.2. The van der Waals surface area contributed by atoms with Gasteiger partial charge in [0.05, 0.1) is 12.2 Å². The maximum atomic E-state index is 12.3. The molecule has 0 radical (unpaired) electrons. The molecule has 24 heavy (non-hydrogen) atoms. The largest absolute Gasteiger partial charge is 0.339 e. The van der Waals surface area contributed by atoms with Crippen LogP contribution in [0, 0.1) is 0 Å². The maximum absolute atomic E-state index is 12.3. The molecule has 0 saturated carbocycles. The van der Waals surface area contributed by atoms with E-state index in [1.165, 1.54) is 6.92 Å². The van der Waals surface area contributed by atoms with Crippen LogP contribution in [-0.4, -0.2) is 70.1 Å². The topological polar surface area (TPSA) is 73.8 Å². The van der Waals surface area contributed by atoms with E-state index in [1.54, 1.807) is 27.8 Å². The minimum Gasteiger partial charge on any atom is -0.339 e. The van der Waals surface area contributed by atoms with Crippen molar-refractivity contribution in [3.63, 3.8) is 0 Å². The smallest absolute Gasteiger partial charge is 0.224 e. The summed E-state index contributed by atoms with van der Waals surface area (Å²) in [6, 6.07) is 5.56. The van der Waals surface area contributed by atoms with E-state index in [1.807, 2.05) is 18.2 Å². The second-order valence-corrected chi connectivity index (χ2v) is 5.90. The Morgan fingerprint density at radius 2 is 1.75 bits per heavy atom. The fourth-order valence-corrected chi connectivity index (χ4v) is 2.69. The molecule has 7 nitrogen and oxygen atoms in total. The lowest BCUT2D eigenvalue weighted by molar-refractivity contribution is -0.139. The van der Waals surface area contributed by atoms with Crippen LogP contribution >= 0.6 is 0 Å². The number of carbonyl (C=O) groups is 3. The molecule has 7 heteroatoms. The normalized spacial score (nSPS) is 14.4. The van der Waals surface area contributed by atoms with Crippen molar-refractivity contribution >= 4 is 17.7 Å². The molecule has 1 fully saturated rings. The Morgan fingerprint density at radius 3 is 2.29 bits per heavy atom. The van der Waals surface area contributed by atoms with Crippen molar-refractivity contribution in [1.29, 1.82) is 0 Å². The van der Waals surface area contributed by atoms with E-state index in [0.29, 0.717) is 39.3 Å². The van der Waals surface area contributed by atoms with E-state index in [9.17, 15) is 14.4 Å². The fourth-order valence-electron chi connectivity index (χ4n) is 2.69. The van der Waals surface area contributed by atoms with Crippen LogP contribution in [0.2, 0.25) is 0 Å². The molecule has 0 bridgehead atoms. The molecule has 0 aliphatic carbocycles. The first-order valence-electron chi connectivity index (χ1n) is 8.16. The van der Waals surface area contributed by atoms with Crippen LogP contribution in [0.3, 0.4) is 0 Å². The molecule has 0 aromatic carbocycles. The predicted molar refractivity (Wildman–Crippen MR) is 88.8 cm³/mol. The van der Waals surface area contributed by atoms with E-state index in [2.05, 4.69) is 4.98 Å². The summed E-state index contributed by atoms with van der Waals surface area (Å²) in [5, 5.41) is 0. The average Bonchev–Trinajstić information content (AvgIpc) is 2.59. The number of hydrogen-bond acceptors (Lipinski definition) is 4. The monoisotopic (exact) mass is 332 g/mol. The van der Waals surface area contributed by atoms with Crippen LogP contribution in [0.25, 0.3) is 0 Å². The van der Waals surface area contributed by atoms with Gasteiger partial charge in [-0.15, -0.1) is 0 Å². The van der Waals surface area contributed by atoms with Gasteiger partial charge in [-0.3, -0.25) is 19.4 Å². The maximum Gasteiger partial charge on any atom is 0.224 e. The Labute approximate surface area is 142 Å². The summed E-state index contributed by atoms with van der Waals surface area (Å²) in [7, 11) is 0. The highest BCUT2D eigenvalue weighted by molar-refractivity contribution is 5.79. The zero-order chi connectivity index (χ0) is 17.5. The molecule has 0 spiro atoms. The number of pyridine rings is 1. The number of hydrogen-bond donors (Lipinski definition) is 0. The standard InChI is InChI=1S/C17H24N4O3/c1-14(22)19-9-11-20(12-10-19)17(24)6-8-21(15(2)23)13-16-5-3-4-7-18-16/h3-5,7H,6,8-13H2,1-2H3. The minimum absolute atomic E-state index is 0.0190. The highest BCUT2D eigenvalue weighted by Gasteiger charge is 2.23. The van der Waals surface area contributed by atoms with E-state index < -0.39 is 0 Å². The van der Waals surface area contributed by atoms with E-state index >= 15 is 0 Å². The van der Waals surface area contributed by atoms with Gasteiger partial charge in [-0.05, 0) is 12.1 Å². The summed E-state index contributed by atoms with van der Waals surface area (Å²) in [5.74, 6) is -0.0134. The van der Waals surface area contributed by atoms with Gasteiger partial charge in [0.2, 0.25) is 17.7 Å². The molecule has 0 N–H and O–H groups in total. The van der Waals surface area contributed by atoms with Crippen LogP contribution in [-0.2, 0) is 20.9 Å². The Kier molecular flexibility index (Phi) is 6.28. The second kappa shape index (κ2) is 8.42. The number of carbonyl (C=O) groups excluding carboxylic acids is 3. The third-order valence-corrected chi connectivity index (χ3v) is 4.20. The average molecular weight is 332 g/mol. The third-order valence-electron chi connectivity index (χ3n) is 4.20. The molecule has 1 aromatic heterocycles. The van der Waals surface area contributed by atoms with Crippen LogP contribution in [0.15, 0.2) is 24.4 Å². The van der Waals surface area contributed by atoms with Crippen molar-refractivity contribution in [2.24, 2.45) is 0 Å². The summed E-state index contributed by atoms with van der Waals surface area (Å²) < 4.78 is 0. The summed E-state index contributed by atoms with van der Waals surface area (Å²) >= 11 is 0. The number of amides is 3. The molecule has 2 rings (SSSR count). The number of rotatable bonds is 5. The Morgan fingerprint density at radius 1 is 1.08 bits per heavy atom. The van der Waals surface area contributed by atoms with Crippen molar-refractivity contribution < 1.29 is 14.4 Å². The molecule has 0 atom stereocenters. The van der Waals surface area contributed by atoms with Crippen LogP contribution in [0.1, 0.15) is 26.0 Å². The van der Waals surface area contributed by atoms with Gasteiger partial charge in [0.25, 0.3) is 0 Å².